The monoisotopic (exact) mass is 393 g/mol. The number of rotatable bonds is 7. The summed E-state index contributed by atoms with van der Waals surface area (Å²) in [6.07, 6.45) is 7.05. The molecule has 7 heteroatoms. The molecule has 148 valence electrons. The number of hydrogen-bond acceptors (Lipinski definition) is 5. The van der Waals surface area contributed by atoms with Crippen molar-refractivity contribution in [2.75, 3.05) is 13.2 Å². The molecule has 0 aliphatic heterocycles. The van der Waals surface area contributed by atoms with Crippen LogP contribution in [0.5, 0.6) is 0 Å². The van der Waals surface area contributed by atoms with Crippen molar-refractivity contribution in [2.45, 2.75) is 57.3 Å². The van der Waals surface area contributed by atoms with Crippen molar-refractivity contribution >= 4 is 27.0 Å². The SMILES string of the molecule is CCOC(=O)c1oc2ccc(S(=O)(=O)NCCC3CCCCC3)cc2c1C. The fourth-order valence-electron chi connectivity index (χ4n) is 3.72. The molecule has 1 aromatic heterocycles. The molecule has 0 unspecified atom stereocenters. The van der Waals surface area contributed by atoms with Crippen LogP contribution in [0.3, 0.4) is 0 Å². The molecular weight excluding hydrogens is 366 g/mol. The van der Waals surface area contributed by atoms with E-state index < -0.39 is 16.0 Å². The summed E-state index contributed by atoms with van der Waals surface area (Å²) in [6, 6.07) is 4.64. The van der Waals surface area contributed by atoms with E-state index in [-0.39, 0.29) is 17.3 Å². The molecule has 1 aliphatic rings. The summed E-state index contributed by atoms with van der Waals surface area (Å²) in [6.45, 7) is 4.15. The van der Waals surface area contributed by atoms with Crippen LogP contribution in [0.25, 0.3) is 11.0 Å². The van der Waals surface area contributed by atoms with Gasteiger partial charge in [-0.25, -0.2) is 17.9 Å². The molecule has 1 aliphatic carbocycles. The summed E-state index contributed by atoms with van der Waals surface area (Å²) in [4.78, 5) is 12.1. The van der Waals surface area contributed by atoms with E-state index in [0.29, 0.717) is 29.0 Å². The number of sulfonamides is 1. The zero-order chi connectivity index (χ0) is 19.4. The molecule has 1 fully saturated rings. The number of esters is 1. The molecule has 6 nitrogen and oxygen atoms in total. The van der Waals surface area contributed by atoms with E-state index in [1.54, 1.807) is 26.0 Å². The van der Waals surface area contributed by atoms with Crippen LogP contribution >= 0.6 is 0 Å². The Labute approximate surface area is 160 Å². The van der Waals surface area contributed by atoms with Gasteiger partial charge in [-0.1, -0.05) is 32.1 Å². The predicted octanol–water partition coefficient (Wildman–Crippen LogP) is 4.17. The van der Waals surface area contributed by atoms with Gasteiger partial charge in [0.2, 0.25) is 15.8 Å². The van der Waals surface area contributed by atoms with Gasteiger partial charge in [0.25, 0.3) is 0 Å². The van der Waals surface area contributed by atoms with Gasteiger partial charge in [0, 0.05) is 17.5 Å². The van der Waals surface area contributed by atoms with E-state index in [4.69, 9.17) is 9.15 Å². The van der Waals surface area contributed by atoms with E-state index in [2.05, 4.69) is 4.72 Å². The molecule has 2 aromatic rings. The van der Waals surface area contributed by atoms with Crippen molar-refractivity contribution in [3.05, 3.63) is 29.5 Å². The van der Waals surface area contributed by atoms with Crippen LogP contribution in [-0.2, 0) is 14.8 Å². The maximum absolute atomic E-state index is 12.6. The highest BCUT2D eigenvalue weighted by Crippen LogP contribution is 2.29. The Kier molecular flexibility index (Phi) is 6.22. The molecule has 1 aromatic carbocycles. The summed E-state index contributed by atoms with van der Waals surface area (Å²) in [7, 11) is -3.60. The quantitative estimate of drug-likeness (QED) is 0.714. The first-order valence-corrected chi connectivity index (χ1v) is 11.1. The van der Waals surface area contributed by atoms with Gasteiger partial charge in [0.15, 0.2) is 0 Å². The van der Waals surface area contributed by atoms with E-state index in [1.165, 1.54) is 38.2 Å². The number of benzene rings is 1. The second kappa shape index (κ2) is 8.44. The Morgan fingerprint density at radius 1 is 1.26 bits per heavy atom. The predicted molar refractivity (Wildman–Crippen MR) is 103 cm³/mol. The highest BCUT2D eigenvalue weighted by Gasteiger charge is 2.22. The average molecular weight is 394 g/mol. The van der Waals surface area contributed by atoms with E-state index in [1.807, 2.05) is 0 Å². The molecule has 1 N–H and O–H groups in total. The van der Waals surface area contributed by atoms with Gasteiger partial charge in [-0.05, 0) is 44.4 Å². The summed E-state index contributed by atoms with van der Waals surface area (Å²) in [5.41, 5.74) is 1.06. The second-order valence-electron chi connectivity index (χ2n) is 7.13. The third kappa shape index (κ3) is 4.52. The molecule has 1 saturated carbocycles. The Morgan fingerprint density at radius 3 is 2.70 bits per heavy atom. The molecule has 3 rings (SSSR count). The van der Waals surface area contributed by atoms with Crippen molar-refractivity contribution < 1.29 is 22.4 Å². The molecule has 0 amide bonds. The van der Waals surface area contributed by atoms with E-state index in [9.17, 15) is 13.2 Å². The Bertz CT molecular complexity index is 910. The van der Waals surface area contributed by atoms with Crippen molar-refractivity contribution in [2.24, 2.45) is 5.92 Å². The minimum absolute atomic E-state index is 0.117. The lowest BCUT2D eigenvalue weighted by molar-refractivity contribution is 0.0491. The maximum Gasteiger partial charge on any atom is 0.374 e. The van der Waals surface area contributed by atoms with Crippen molar-refractivity contribution in [1.82, 2.24) is 4.72 Å². The lowest BCUT2D eigenvalue weighted by Crippen LogP contribution is -2.26. The zero-order valence-corrected chi connectivity index (χ0v) is 16.7. The van der Waals surface area contributed by atoms with Gasteiger partial charge in [0.05, 0.1) is 11.5 Å². The number of carbonyl (C=O) groups excluding carboxylic acids is 1. The van der Waals surface area contributed by atoms with Crippen LogP contribution in [0.1, 0.15) is 61.6 Å². The Balaban J connectivity index is 1.74. The van der Waals surface area contributed by atoms with E-state index >= 15 is 0 Å². The lowest BCUT2D eigenvalue weighted by Gasteiger charge is -2.21. The van der Waals surface area contributed by atoms with Crippen LogP contribution in [0.2, 0.25) is 0 Å². The van der Waals surface area contributed by atoms with Gasteiger partial charge in [0.1, 0.15) is 5.58 Å². The maximum atomic E-state index is 12.6. The van der Waals surface area contributed by atoms with Gasteiger partial charge >= 0.3 is 5.97 Å². The average Bonchev–Trinajstić information content (AvgIpc) is 2.99. The van der Waals surface area contributed by atoms with Crippen molar-refractivity contribution in [3.8, 4) is 0 Å². The minimum atomic E-state index is -3.60. The lowest BCUT2D eigenvalue weighted by atomic mass is 9.87. The fraction of sp³-hybridized carbons (Fsp3) is 0.550. The molecule has 0 atom stereocenters. The van der Waals surface area contributed by atoms with Gasteiger partial charge in [-0.15, -0.1) is 0 Å². The first kappa shape index (κ1) is 19.9. The molecule has 0 saturated heterocycles. The van der Waals surface area contributed by atoms with Crippen LogP contribution < -0.4 is 4.72 Å². The number of aryl methyl sites for hydroxylation is 1. The first-order valence-electron chi connectivity index (χ1n) is 9.62. The number of fused-ring (bicyclic) bond motifs is 1. The Hall–Kier alpha value is -1.86. The van der Waals surface area contributed by atoms with Crippen LogP contribution in [0, 0.1) is 12.8 Å². The van der Waals surface area contributed by atoms with Crippen molar-refractivity contribution in [1.29, 1.82) is 0 Å². The highest BCUT2D eigenvalue weighted by atomic mass is 32.2. The molecule has 27 heavy (non-hydrogen) atoms. The summed E-state index contributed by atoms with van der Waals surface area (Å²) in [5.74, 6) is 0.194. The third-order valence-electron chi connectivity index (χ3n) is 5.25. The summed E-state index contributed by atoms with van der Waals surface area (Å²) >= 11 is 0. The summed E-state index contributed by atoms with van der Waals surface area (Å²) < 4.78 is 38.5. The molecule has 0 bridgehead atoms. The number of carbonyl (C=O) groups is 1. The van der Waals surface area contributed by atoms with Crippen LogP contribution in [-0.4, -0.2) is 27.5 Å². The topological polar surface area (TPSA) is 85.6 Å². The standard InChI is InChI=1S/C20H27NO5S/c1-3-25-20(22)19-14(2)17-13-16(9-10-18(17)26-19)27(23,24)21-12-11-15-7-5-4-6-8-15/h9-10,13,15,21H,3-8,11-12H2,1-2H3. The fourth-order valence-corrected chi connectivity index (χ4v) is 4.79. The van der Waals surface area contributed by atoms with Crippen molar-refractivity contribution in [3.63, 3.8) is 0 Å². The zero-order valence-electron chi connectivity index (χ0n) is 15.9. The highest BCUT2D eigenvalue weighted by molar-refractivity contribution is 7.89. The number of ether oxygens (including phenoxy) is 1. The van der Waals surface area contributed by atoms with E-state index in [0.717, 1.165) is 6.42 Å². The molecule has 1 heterocycles. The largest absolute Gasteiger partial charge is 0.460 e. The first-order chi connectivity index (χ1) is 12.9. The third-order valence-corrected chi connectivity index (χ3v) is 6.71. The van der Waals surface area contributed by atoms with Crippen LogP contribution in [0.15, 0.2) is 27.5 Å². The van der Waals surface area contributed by atoms with Gasteiger partial charge < -0.3 is 9.15 Å². The summed E-state index contributed by atoms with van der Waals surface area (Å²) in [5, 5.41) is 0.605. The molecule has 0 spiro atoms. The second-order valence-corrected chi connectivity index (χ2v) is 8.89. The van der Waals surface area contributed by atoms with Gasteiger partial charge in [-0.3, -0.25) is 0 Å². The van der Waals surface area contributed by atoms with Crippen LogP contribution in [0.4, 0.5) is 0 Å². The number of nitrogens with one attached hydrogen (secondary N) is 1. The number of hydrogen-bond donors (Lipinski definition) is 1. The molecular formula is C20H27NO5S. The normalized spacial score (nSPS) is 15.9. The molecule has 0 radical (unpaired) electrons. The van der Waals surface area contributed by atoms with Gasteiger partial charge in [-0.2, -0.15) is 0 Å². The Morgan fingerprint density at radius 2 is 2.00 bits per heavy atom. The smallest absolute Gasteiger partial charge is 0.374 e. The number of furan rings is 1. The minimum Gasteiger partial charge on any atom is -0.460 e.